The van der Waals surface area contributed by atoms with Crippen molar-refractivity contribution in [2.24, 2.45) is 0 Å². The zero-order valence-corrected chi connectivity index (χ0v) is 7.43. The van der Waals surface area contributed by atoms with Crippen LogP contribution in [0.4, 0.5) is 5.69 Å². The van der Waals surface area contributed by atoms with Crippen molar-refractivity contribution in [3.8, 4) is 0 Å². The van der Waals surface area contributed by atoms with E-state index in [1.807, 2.05) is 18.2 Å². The van der Waals surface area contributed by atoms with Gasteiger partial charge in [0, 0.05) is 12.6 Å². The third kappa shape index (κ3) is 2.40. The first-order chi connectivity index (χ1) is 6.25. The van der Waals surface area contributed by atoms with Crippen molar-refractivity contribution in [1.29, 1.82) is 0 Å². The highest BCUT2D eigenvalue weighted by atomic mass is 16.2. The van der Waals surface area contributed by atoms with Gasteiger partial charge >= 0.3 is 0 Å². The lowest BCUT2D eigenvalue weighted by Gasteiger charge is -2.17. The molecule has 0 bridgehead atoms. The van der Waals surface area contributed by atoms with Gasteiger partial charge in [-0.2, -0.15) is 0 Å². The zero-order valence-electron chi connectivity index (χ0n) is 7.43. The summed E-state index contributed by atoms with van der Waals surface area (Å²) in [7, 11) is 0. The summed E-state index contributed by atoms with van der Waals surface area (Å²) in [6, 6.07) is 9.12. The lowest BCUT2D eigenvalue weighted by atomic mass is 10.3. The van der Waals surface area contributed by atoms with Crippen LogP contribution in [-0.2, 0) is 9.59 Å². The molecular weight excluding hydrogens is 166 g/mol. The largest absolute Gasteiger partial charge is 0.306 e. The van der Waals surface area contributed by atoms with E-state index in [1.54, 1.807) is 12.1 Å². The molecule has 0 aliphatic heterocycles. The predicted octanol–water partition coefficient (Wildman–Crippen LogP) is 1.24. The van der Waals surface area contributed by atoms with Crippen molar-refractivity contribution in [2.75, 3.05) is 11.4 Å². The third-order valence-corrected chi connectivity index (χ3v) is 1.71. The topological polar surface area (TPSA) is 37.4 Å². The Balaban J connectivity index is 2.88. The van der Waals surface area contributed by atoms with E-state index in [1.165, 1.54) is 11.8 Å². The Kier molecular flexibility index (Phi) is 3.20. The van der Waals surface area contributed by atoms with Crippen LogP contribution < -0.4 is 4.90 Å². The summed E-state index contributed by atoms with van der Waals surface area (Å²) in [6.07, 6.45) is 0.717. The first kappa shape index (κ1) is 9.45. The molecular formula is C10H11NO2. The summed E-state index contributed by atoms with van der Waals surface area (Å²) in [5.41, 5.74) is 0.752. The van der Waals surface area contributed by atoms with Crippen molar-refractivity contribution in [1.82, 2.24) is 0 Å². The van der Waals surface area contributed by atoms with Gasteiger partial charge < -0.3 is 9.69 Å². The summed E-state index contributed by atoms with van der Waals surface area (Å²) in [6.45, 7) is 1.55. The van der Waals surface area contributed by atoms with E-state index in [0.717, 1.165) is 5.69 Å². The smallest absolute Gasteiger partial charge is 0.224 e. The molecule has 0 aliphatic carbocycles. The molecule has 0 radical (unpaired) electrons. The molecule has 1 aromatic carbocycles. The third-order valence-electron chi connectivity index (χ3n) is 1.71. The number of hydrogen-bond acceptors (Lipinski definition) is 2. The minimum absolute atomic E-state index is 0.110. The van der Waals surface area contributed by atoms with Gasteiger partial charge in [-0.15, -0.1) is 0 Å². The van der Waals surface area contributed by atoms with Crippen LogP contribution in [0.1, 0.15) is 6.92 Å². The highest BCUT2D eigenvalue weighted by molar-refractivity contribution is 5.94. The second-order valence-electron chi connectivity index (χ2n) is 2.63. The molecule has 0 aromatic heterocycles. The maximum absolute atomic E-state index is 11.1. The molecule has 68 valence electrons. The number of nitrogens with zero attached hydrogens (tertiary/aromatic N) is 1. The first-order valence-electron chi connectivity index (χ1n) is 4.02. The molecule has 0 spiro atoms. The minimum Gasteiger partial charge on any atom is -0.306 e. The van der Waals surface area contributed by atoms with Crippen LogP contribution in [0.2, 0.25) is 0 Å². The molecule has 0 fully saturated rings. The molecule has 0 aliphatic rings. The Labute approximate surface area is 77.0 Å². The van der Waals surface area contributed by atoms with Gasteiger partial charge in [0.1, 0.15) is 6.29 Å². The highest BCUT2D eigenvalue weighted by Gasteiger charge is 2.08. The van der Waals surface area contributed by atoms with Crippen LogP contribution >= 0.6 is 0 Å². The number of hydrogen-bond donors (Lipinski definition) is 0. The molecule has 0 saturated carbocycles. The van der Waals surface area contributed by atoms with E-state index >= 15 is 0 Å². The minimum atomic E-state index is -0.127. The van der Waals surface area contributed by atoms with Crippen LogP contribution in [0, 0.1) is 0 Å². The van der Waals surface area contributed by atoms with E-state index in [0.29, 0.717) is 6.29 Å². The molecule has 1 rings (SSSR count). The number of carbonyl (C=O) groups excluding carboxylic acids is 2. The maximum Gasteiger partial charge on any atom is 0.224 e. The van der Waals surface area contributed by atoms with Gasteiger partial charge in [-0.1, -0.05) is 18.2 Å². The molecule has 3 nitrogen and oxygen atoms in total. The van der Waals surface area contributed by atoms with E-state index in [9.17, 15) is 9.59 Å². The Morgan fingerprint density at radius 3 is 2.46 bits per heavy atom. The highest BCUT2D eigenvalue weighted by Crippen LogP contribution is 2.11. The number of carbonyl (C=O) groups is 2. The summed E-state index contributed by atoms with van der Waals surface area (Å²) >= 11 is 0. The SMILES string of the molecule is CC(=O)N(CC=O)c1ccccc1. The number of para-hydroxylation sites is 1. The molecule has 1 aromatic rings. The monoisotopic (exact) mass is 177 g/mol. The summed E-state index contributed by atoms with van der Waals surface area (Å²) in [5, 5.41) is 0. The fourth-order valence-corrected chi connectivity index (χ4v) is 1.10. The average Bonchev–Trinajstić information content (AvgIpc) is 2.15. The van der Waals surface area contributed by atoms with Crippen molar-refractivity contribution in [2.45, 2.75) is 6.92 Å². The maximum atomic E-state index is 11.1. The van der Waals surface area contributed by atoms with Crippen LogP contribution in [0.3, 0.4) is 0 Å². The number of rotatable bonds is 3. The first-order valence-corrected chi connectivity index (χ1v) is 4.02. The van der Waals surface area contributed by atoms with Crippen molar-refractivity contribution < 1.29 is 9.59 Å². The molecule has 0 saturated heterocycles. The lowest BCUT2D eigenvalue weighted by molar-refractivity contribution is -0.118. The second kappa shape index (κ2) is 4.40. The van der Waals surface area contributed by atoms with E-state index in [-0.39, 0.29) is 12.5 Å². The quantitative estimate of drug-likeness (QED) is 0.651. The van der Waals surface area contributed by atoms with Crippen LogP contribution in [-0.4, -0.2) is 18.7 Å². The van der Waals surface area contributed by atoms with Gasteiger partial charge in [0.15, 0.2) is 0 Å². The molecule has 0 atom stereocenters. The van der Waals surface area contributed by atoms with Gasteiger partial charge in [-0.3, -0.25) is 4.79 Å². The Bertz CT molecular complexity index is 295. The zero-order chi connectivity index (χ0) is 9.68. The van der Waals surface area contributed by atoms with E-state index in [2.05, 4.69) is 0 Å². The van der Waals surface area contributed by atoms with Gasteiger partial charge in [0.2, 0.25) is 5.91 Å². The molecule has 1 amide bonds. The fraction of sp³-hybridized carbons (Fsp3) is 0.200. The molecule has 0 N–H and O–H groups in total. The number of anilines is 1. The average molecular weight is 177 g/mol. The molecule has 3 heteroatoms. The Morgan fingerprint density at radius 1 is 1.38 bits per heavy atom. The van der Waals surface area contributed by atoms with Crippen molar-refractivity contribution in [3.05, 3.63) is 30.3 Å². The van der Waals surface area contributed by atoms with Gasteiger partial charge in [-0.05, 0) is 12.1 Å². The number of amides is 1. The lowest BCUT2D eigenvalue weighted by Crippen LogP contribution is -2.30. The fourth-order valence-electron chi connectivity index (χ4n) is 1.10. The molecule has 0 unspecified atom stereocenters. The second-order valence-corrected chi connectivity index (χ2v) is 2.63. The van der Waals surface area contributed by atoms with Crippen LogP contribution in [0.25, 0.3) is 0 Å². The Hall–Kier alpha value is -1.64. The van der Waals surface area contributed by atoms with Gasteiger partial charge in [0.05, 0.1) is 6.54 Å². The number of benzene rings is 1. The molecule has 0 heterocycles. The van der Waals surface area contributed by atoms with Gasteiger partial charge in [-0.25, -0.2) is 0 Å². The van der Waals surface area contributed by atoms with E-state index < -0.39 is 0 Å². The van der Waals surface area contributed by atoms with Crippen molar-refractivity contribution >= 4 is 17.9 Å². The summed E-state index contributed by atoms with van der Waals surface area (Å²) in [5.74, 6) is -0.127. The normalized spacial score (nSPS) is 9.31. The Morgan fingerprint density at radius 2 is 2.00 bits per heavy atom. The van der Waals surface area contributed by atoms with Crippen molar-refractivity contribution in [3.63, 3.8) is 0 Å². The predicted molar refractivity (Wildman–Crippen MR) is 50.5 cm³/mol. The molecule has 13 heavy (non-hydrogen) atoms. The standard InChI is InChI=1S/C10H11NO2/c1-9(13)11(7-8-12)10-5-3-2-4-6-10/h2-6,8H,7H2,1H3. The number of aldehydes is 1. The van der Waals surface area contributed by atoms with Gasteiger partial charge in [0.25, 0.3) is 0 Å². The van der Waals surface area contributed by atoms with Crippen LogP contribution in [0.5, 0.6) is 0 Å². The van der Waals surface area contributed by atoms with Crippen LogP contribution in [0.15, 0.2) is 30.3 Å². The van der Waals surface area contributed by atoms with E-state index in [4.69, 9.17) is 0 Å². The summed E-state index contributed by atoms with van der Waals surface area (Å²) < 4.78 is 0. The summed E-state index contributed by atoms with van der Waals surface area (Å²) in [4.78, 5) is 22.8.